The van der Waals surface area contributed by atoms with Crippen LogP contribution in [0, 0.1) is 5.92 Å². The number of rotatable bonds is 2. The number of amides is 1. The highest BCUT2D eigenvalue weighted by molar-refractivity contribution is 5.93. The molecule has 1 N–H and O–H groups in total. The van der Waals surface area contributed by atoms with E-state index in [4.69, 9.17) is 9.47 Å². The number of halogens is 1. The summed E-state index contributed by atoms with van der Waals surface area (Å²) in [6, 6.07) is 1.97. The van der Waals surface area contributed by atoms with Crippen molar-refractivity contribution in [3.8, 4) is 11.5 Å². The van der Waals surface area contributed by atoms with E-state index in [1.807, 2.05) is 0 Å². The Bertz CT molecular complexity index is 656. The monoisotopic (exact) mass is 351 g/mol. The molecule has 0 radical (unpaired) electrons. The van der Waals surface area contributed by atoms with E-state index < -0.39 is 0 Å². The summed E-state index contributed by atoms with van der Waals surface area (Å²) in [7, 11) is 0. The maximum Gasteiger partial charge on any atom is 0.270 e. The van der Waals surface area contributed by atoms with Gasteiger partial charge in [-0.15, -0.1) is 12.4 Å². The van der Waals surface area contributed by atoms with Crippen LogP contribution < -0.4 is 14.8 Å². The number of hydrogen-bond acceptors (Lipinski definition) is 5. The van der Waals surface area contributed by atoms with E-state index in [9.17, 15) is 4.79 Å². The molecule has 7 heteroatoms. The lowest BCUT2D eigenvalue weighted by Gasteiger charge is -2.52. The maximum atomic E-state index is 12.7. The van der Waals surface area contributed by atoms with Crippen molar-refractivity contribution in [2.45, 2.75) is 37.3 Å². The Hall–Kier alpha value is -1.53. The number of piperidine rings is 3. The molecule has 4 aliphatic heterocycles. The lowest BCUT2D eigenvalue weighted by Crippen LogP contribution is -2.65. The van der Waals surface area contributed by atoms with E-state index in [0.29, 0.717) is 36.3 Å². The third kappa shape index (κ3) is 2.35. The van der Waals surface area contributed by atoms with Crippen molar-refractivity contribution >= 4 is 18.3 Å². The predicted octanol–water partition coefficient (Wildman–Crippen LogP) is 1.63. The van der Waals surface area contributed by atoms with Gasteiger partial charge in [-0.1, -0.05) is 0 Å². The third-order valence-corrected chi connectivity index (χ3v) is 5.93. The van der Waals surface area contributed by atoms with Crippen LogP contribution in [0.25, 0.3) is 0 Å². The molecular weight excluding hydrogens is 330 g/mol. The highest BCUT2D eigenvalue weighted by atomic mass is 35.5. The SMILES string of the molecule is Cl.O=C(NC1C2CCN(CC2)C12CC2)c1cc2c(cn1)OCCO2. The first kappa shape index (κ1) is 16.0. The van der Waals surface area contributed by atoms with Crippen molar-refractivity contribution in [3.05, 3.63) is 18.0 Å². The second-order valence-corrected chi connectivity index (χ2v) is 7.09. The van der Waals surface area contributed by atoms with Crippen LogP contribution >= 0.6 is 12.4 Å². The first-order chi connectivity index (χ1) is 11.3. The van der Waals surface area contributed by atoms with Crippen LogP contribution in [0.15, 0.2) is 12.3 Å². The fraction of sp³-hybridized carbons (Fsp3) is 0.647. The van der Waals surface area contributed by atoms with E-state index in [0.717, 1.165) is 0 Å². The Kier molecular flexibility index (Phi) is 3.84. The van der Waals surface area contributed by atoms with Gasteiger partial charge in [0.05, 0.1) is 12.2 Å². The van der Waals surface area contributed by atoms with Gasteiger partial charge in [-0.3, -0.25) is 9.69 Å². The maximum absolute atomic E-state index is 12.7. The Morgan fingerprint density at radius 1 is 1.21 bits per heavy atom. The zero-order valence-corrected chi connectivity index (χ0v) is 14.3. The number of nitrogens with zero attached hydrogens (tertiary/aromatic N) is 2. The summed E-state index contributed by atoms with van der Waals surface area (Å²) in [6.07, 6.45) is 6.40. The van der Waals surface area contributed by atoms with Crippen molar-refractivity contribution in [3.63, 3.8) is 0 Å². The smallest absolute Gasteiger partial charge is 0.270 e. The molecule has 130 valence electrons. The van der Waals surface area contributed by atoms with Gasteiger partial charge in [-0.25, -0.2) is 4.98 Å². The van der Waals surface area contributed by atoms with Gasteiger partial charge in [0.15, 0.2) is 11.5 Å². The number of ether oxygens (including phenoxy) is 2. The van der Waals surface area contributed by atoms with Gasteiger partial charge in [0, 0.05) is 11.6 Å². The Labute approximate surface area is 147 Å². The molecule has 1 aromatic heterocycles. The van der Waals surface area contributed by atoms with E-state index in [2.05, 4.69) is 15.2 Å². The molecule has 1 aromatic rings. The molecule has 1 aliphatic carbocycles. The molecule has 24 heavy (non-hydrogen) atoms. The first-order valence-corrected chi connectivity index (χ1v) is 8.58. The first-order valence-electron chi connectivity index (χ1n) is 8.58. The lowest BCUT2D eigenvalue weighted by molar-refractivity contribution is -0.00154. The summed E-state index contributed by atoms with van der Waals surface area (Å²) >= 11 is 0. The van der Waals surface area contributed by atoms with E-state index in [1.54, 1.807) is 12.3 Å². The van der Waals surface area contributed by atoms with Gasteiger partial charge >= 0.3 is 0 Å². The molecule has 5 aliphatic rings. The van der Waals surface area contributed by atoms with Gasteiger partial charge in [0.25, 0.3) is 5.91 Å². The standard InChI is InChI=1S/C17H21N3O3.ClH/c21-16(12-9-13-14(10-18-12)23-8-7-22-13)19-15-11-1-5-20(6-2-11)17(15)3-4-17;/h9-11,15H,1-8H2,(H,19,21);1H. The summed E-state index contributed by atoms with van der Waals surface area (Å²) < 4.78 is 11.0. The van der Waals surface area contributed by atoms with Crippen molar-refractivity contribution in [2.75, 3.05) is 26.3 Å². The van der Waals surface area contributed by atoms with Gasteiger partial charge in [-0.05, 0) is 44.7 Å². The summed E-state index contributed by atoms with van der Waals surface area (Å²) in [6.45, 7) is 3.43. The predicted molar refractivity (Wildman–Crippen MR) is 90.0 cm³/mol. The summed E-state index contributed by atoms with van der Waals surface area (Å²) in [5.41, 5.74) is 0.659. The van der Waals surface area contributed by atoms with Crippen LogP contribution in [0.1, 0.15) is 36.2 Å². The van der Waals surface area contributed by atoms with Crippen LogP contribution in [0.3, 0.4) is 0 Å². The third-order valence-electron chi connectivity index (χ3n) is 5.93. The lowest BCUT2D eigenvalue weighted by atomic mass is 9.77. The van der Waals surface area contributed by atoms with Crippen LogP contribution in [0.5, 0.6) is 11.5 Å². The molecule has 0 aromatic carbocycles. The molecule has 6 nitrogen and oxygen atoms in total. The molecule has 1 spiro atoms. The largest absolute Gasteiger partial charge is 0.486 e. The van der Waals surface area contributed by atoms with Crippen molar-refractivity contribution in [1.29, 1.82) is 0 Å². The Balaban J connectivity index is 0.00000146. The topological polar surface area (TPSA) is 63.7 Å². The summed E-state index contributed by atoms with van der Waals surface area (Å²) in [5, 5.41) is 3.29. The number of carbonyl (C=O) groups excluding carboxylic acids is 1. The molecule has 2 bridgehead atoms. The number of nitrogens with one attached hydrogen (secondary N) is 1. The van der Waals surface area contributed by atoms with Crippen molar-refractivity contribution < 1.29 is 14.3 Å². The van der Waals surface area contributed by atoms with E-state index in [1.165, 1.54) is 38.8 Å². The quantitative estimate of drug-likeness (QED) is 0.877. The Morgan fingerprint density at radius 2 is 1.92 bits per heavy atom. The average Bonchev–Trinajstić information content (AvgIpc) is 3.39. The molecule has 1 unspecified atom stereocenters. The highest BCUT2D eigenvalue weighted by Gasteiger charge is 2.60. The fourth-order valence-corrected chi connectivity index (χ4v) is 4.61. The summed E-state index contributed by atoms with van der Waals surface area (Å²) in [5.74, 6) is 1.76. The highest BCUT2D eigenvalue weighted by Crippen LogP contribution is 2.53. The number of fused-ring (bicyclic) bond motifs is 3. The second-order valence-electron chi connectivity index (χ2n) is 7.09. The fourth-order valence-electron chi connectivity index (χ4n) is 4.61. The minimum absolute atomic E-state index is 0. The van der Waals surface area contributed by atoms with Gasteiger partial charge < -0.3 is 14.8 Å². The number of aromatic nitrogens is 1. The minimum Gasteiger partial charge on any atom is -0.486 e. The molecular formula is C17H22ClN3O3. The summed E-state index contributed by atoms with van der Waals surface area (Å²) in [4.78, 5) is 19.6. The molecule has 5 heterocycles. The Morgan fingerprint density at radius 3 is 2.62 bits per heavy atom. The van der Waals surface area contributed by atoms with Crippen LogP contribution in [0.4, 0.5) is 0 Å². The number of carbonyl (C=O) groups is 1. The average molecular weight is 352 g/mol. The van der Waals surface area contributed by atoms with Gasteiger partial charge in [0.1, 0.15) is 18.9 Å². The molecule has 1 atom stereocenters. The van der Waals surface area contributed by atoms with Crippen LogP contribution in [-0.4, -0.2) is 53.7 Å². The number of hydrogen-bond donors (Lipinski definition) is 1. The minimum atomic E-state index is -0.0907. The van der Waals surface area contributed by atoms with E-state index in [-0.39, 0.29) is 29.9 Å². The number of pyridine rings is 1. The zero-order chi connectivity index (χ0) is 15.4. The normalized spacial score (nSPS) is 31.2. The molecule has 1 saturated carbocycles. The van der Waals surface area contributed by atoms with Gasteiger partial charge in [-0.2, -0.15) is 0 Å². The molecule has 4 fully saturated rings. The van der Waals surface area contributed by atoms with Crippen LogP contribution in [0.2, 0.25) is 0 Å². The van der Waals surface area contributed by atoms with Crippen molar-refractivity contribution in [1.82, 2.24) is 15.2 Å². The molecule has 6 rings (SSSR count). The van der Waals surface area contributed by atoms with Crippen molar-refractivity contribution in [2.24, 2.45) is 5.92 Å². The zero-order valence-electron chi connectivity index (χ0n) is 13.5. The second kappa shape index (κ2) is 5.77. The van der Waals surface area contributed by atoms with E-state index >= 15 is 0 Å². The van der Waals surface area contributed by atoms with Crippen LogP contribution in [-0.2, 0) is 0 Å². The molecule has 3 saturated heterocycles. The van der Waals surface area contributed by atoms with Gasteiger partial charge in [0.2, 0.25) is 0 Å². The molecule has 1 amide bonds.